The van der Waals surface area contributed by atoms with Crippen molar-refractivity contribution < 1.29 is 9.13 Å². The van der Waals surface area contributed by atoms with Crippen LogP contribution in [0.5, 0.6) is 5.75 Å². The van der Waals surface area contributed by atoms with Crippen molar-refractivity contribution in [3.8, 4) is 5.75 Å². The van der Waals surface area contributed by atoms with Crippen molar-refractivity contribution in [2.45, 2.75) is 0 Å². The standard InChI is InChI=1S/C7H6ClFINO/c1-12-7-5(10)3(8)2-4(9)6(7)11/h2H,11H2,1H3. The van der Waals surface area contributed by atoms with Gasteiger partial charge in [-0.1, -0.05) is 11.6 Å². The highest BCUT2D eigenvalue weighted by Gasteiger charge is 2.13. The highest BCUT2D eigenvalue weighted by Crippen LogP contribution is 2.35. The first-order chi connectivity index (χ1) is 5.57. The molecule has 1 aromatic carbocycles. The second-order valence-electron chi connectivity index (χ2n) is 2.10. The monoisotopic (exact) mass is 301 g/mol. The first-order valence-electron chi connectivity index (χ1n) is 3.05. The third-order valence-electron chi connectivity index (χ3n) is 1.37. The van der Waals surface area contributed by atoms with Crippen LogP contribution in [0.15, 0.2) is 6.07 Å². The van der Waals surface area contributed by atoms with E-state index in [9.17, 15) is 4.39 Å². The summed E-state index contributed by atoms with van der Waals surface area (Å²) < 4.78 is 18.4. The van der Waals surface area contributed by atoms with Crippen LogP contribution in [-0.2, 0) is 0 Å². The van der Waals surface area contributed by atoms with Gasteiger partial charge >= 0.3 is 0 Å². The number of nitrogen functional groups attached to an aromatic ring is 1. The average molecular weight is 301 g/mol. The van der Waals surface area contributed by atoms with E-state index in [0.29, 0.717) is 14.3 Å². The van der Waals surface area contributed by atoms with Gasteiger partial charge in [-0.15, -0.1) is 0 Å². The summed E-state index contributed by atoms with van der Waals surface area (Å²) in [6.07, 6.45) is 0. The Kier molecular flexibility index (Phi) is 3.00. The van der Waals surface area contributed by atoms with E-state index in [0.717, 1.165) is 0 Å². The van der Waals surface area contributed by atoms with Gasteiger partial charge in [0, 0.05) is 0 Å². The first kappa shape index (κ1) is 9.85. The summed E-state index contributed by atoms with van der Waals surface area (Å²) in [5.74, 6) is -0.266. The van der Waals surface area contributed by atoms with Crippen LogP contribution in [-0.4, -0.2) is 7.11 Å². The van der Waals surface area contributed by atoms with E-state index < -0.39 is 5.82 Å². The van der Waals surface area contributed by atoms with Crippen molar-refractivity contribution >= 4 is 39.9 Å². The van der Waals surface area contributed by atoms with Crippen molar-refractivity contribution in [3.63, 3.8) is 0 Å². The molecule has 0 amide bonds. The number of nitrogens with two attached hydrogens (primary N) is 1. The van der Waals surface area contributed by atoms with Gasteiger partial charge in [-0.2, -0.15) is 0 Å². The van der Waals surface area contributed by atoms with Gasteiger partial charge in [0.2, 0.25) is 0 Å². The molecule has 0 unspecified atom stereocenters. The van der Waals surface area contributed by atoms with Crippen molar-refractivity contribution in [1.82, 2.24) is 0 Å². The number of methoxy groups -OCH3 is 1. The topological polar surface area (TPSA) is 35.2 Å². The average Bonchev–Trinajstić information content (AvgIpc) is 2.02. The Morgan fingerprint density at radius 1 is 1.67 bits per heavy atom. The molecule has 2 N–H and O–H groups in total. The van der Waals surface area contributed by atoms with Gasteiger partial charge in [0.1, 0.15) is 5.69 Å². The van der Waals surface area contributed by atoms with Gasteiger partial charge in [-0.05, 0) is 28.7 Å². The first-order valence-corrected chi connectivity index (χ1v) is 4.50. The molecule has 0 spiro atoms. The number of halogens is 3. The van der Waals surface area contributed by atoms with Gasteiger partial charge in [0.15, 0.2) is 11.6 Å². The van der Waals surface area contributed by atoms with E-state index in [1.54, 1.807) is 0 Å². The second-order valence-corrected chi connectivity index (χ2v) is 3.59. The predicted molar refractivity (Wildman–Crippen MR) is 55.1 cm³/mol. The molecule has 0 aromatic heterocycles. The van der Waals surface area contributed by atoms with Gasteiger partial charge in [-0.25, -0.2) is 4.39 Å². The predicted octanol–water partition coefficient (Wildman–Crippen LogP) is 2.67. The van der Waals surface area contributed by atoms with E-state index in [1.165, 1.54) is 13.2 Å². The molecule has 0 bridgehead atoms. The molecule has 0 fully saturated rings. The molecule has 0 aliphatic heterocycles. The summed E-state index contributed by atoms with van der Waals surface area (Å²) >= 11 is 7.63. The molecule has 1 aromatic rings. The molecule has 0 saturated carbocycles. The normalized spacial score (nSPS) is 10.0. The highest BCUT2D eigenvalue weighted by molar-refractivity contribution is 14.1. The van der Waals surface area contributed by atoms with E-state index in [2.05, 4.69) is 0 Å². The Bertz CT molecular complexity index is 293. The Balaban J connectivity index is 3.42. The van der Waals surface area contributed by atoms with Gasteiger partial charge in [0.25, 0.3) is 0 Å². The summed E-state index contributed by atoms with van der Waals surface area (Å²) in [4.78, 5) is 0. The molecule has 2 nitrogen and oxygen atoms in total. The molecular formula is C7H6ClFINO. The summed E-state index contributed by atoms with van der Waals surface area (Å²) in [6.45, 7) is 0. The van der Waals surface area contributed by atoms with E-state index in [1.807, 2.05) is 22.6 Å². The van der Waals surface area contributed by atoms with Crippen molar-refractivity contribution in [1.29, 1.82) is 0 Å². The summed E-state index contributed by atoms with van der Waals surface area (Å²) in [5.41, 5.74) is 5.39. The van der Waals surface area contributed by atoms with Crippen LogP contribution in [0.4, 0.5) is 10.1 Å². The molecule has 5 heteroatoms. The zero-order valence-corrected chi connectivity index (χ0v) is 9.11. The summed E-state index contributed by atoms with van der Waals surface area (Å²) in [5, 5.41) is 0.305. The maximum Gasteiger partial charge on any atom is 0.159 e. The Morgan fingerprint density at radius 2 is 2.25 bits per heavy atom. The third-order valence-corrected chi connectivity index (χ3v) is 3.06. The van der Waals surface area contributed by atoms with Gasteiger partial charge in [-0.3, -0.25) is 0 Å². The fourth-order valence-corrected chi connectivity index (χ4v) is 1.64. The Morgan fingerprint density at radius 3 is 2.75 bits per heavy atom. The van der Waals surface area contributed by atoms with Crippen molar-refractivity contribution in [2.24, 2.45) is 0 Å². The maximum absolute atomic E-state index is 12.9. The van der Waals surface area contributed by atoms with E-state index in [-0.39, 0.29) is 5.69 Å². The minimum Gasteiger partial charge on any atom is -0.493 e. The quantitative estimate of drug-likeness (QED) is 0.492. The third kappa shape index (κ3) is 1.59. The highest BCUT2D eigenvalue weighted by atomic mass is 127. The molecular weight excluding hydrogens is 295 g/mol. The molecule has 0 aliphatic carbocycles. The van der Waals surface area contributed by atoms with Crippen LogP contribution < -0.4 is 10.5 Å². The lowest BCUT2D eigenvalue weighted by atomic mass is 10.3. The fourth-order valence-electron chi connectivity index (χ4n) is 0.787. The van der Waals surface area contributed by atoms with Crippen LogP contribution in [0.3, 0.4) is 0 Å². The minimum absolute atomic E-state index is 0.00806. The minimum atomic E-state index is -0.558. The summed E-state index contributed by atoms with van der Waals surface area (Å²) in [6, 6.07) is 1.17. The van der Waals surface area contributed by atoms with Crippen LogP contribution >= 0.6 is 34.2 Å². The second kappa shape index (κ2) is 3.66. The lowest BCUT2D eigenvalue weighted by Crippen LogP contribution is -1.98. The molecule has 0 radical (unpaired) electrons. The molecule has 0 heterocycles. The SMILES string of the molecule is COc1c(N)c(F)cc(Cl)c1I. The van der Waals surface area contributed by atoms with Gasteiger partial charge < -0.3 is 10.5 Å². The molecule has 1 rings (SSSR count). The Hall–Kier alpha value is -0.230. The molecule has 66 valence electrons. The Labute approximate surface area is 88.0 Å². The smallest absolute Gasteiger partial charge is 0.159 e. The number of ether oxygens (including phenoxy) is 1. The van der Waals surface area contributed by atoms with E-state index >= 15 is 0 Å². The van der Waals surface area contributed by atoms with Crippen LogP contribution in [0.1, 0.15) is 0 Å². The van der Waals surface area contributed by atoms with Crippen molar-refractivity contribution in [2.75, 3.05) is 12.8 Å². The largest absolute Gasteiger partial charge is 0.493 e. The molecule has 12 heavy (non-hydrogen) atoms. The van der Waals surface area contributed by atoms with E-state index in [4.69, 9.17) is 22.1 Å². The van der Waals surface area contributed by atoms with Gasteiger partial charge in [0.05, 0.1) is 15.7 Å². The molecule has 0 atom stereocenters. The number of rotatable bonds is 1. The van der Waals surface area contributed by atoms with Crippen LogP contribution in [0, 0.1) is 9.39 Å². The molecule has 0 aliphatic rings. The number of anilines is 1. The zero-order valence-electron chi connectivity index (χ0n) is 6.20. The van der Waals surface area contributed by atoms with Crippen LogP contribution in [0.2, 0.25) is 5.02 Å². The number of benzene rings is 1. The lowest BCUT2D eigenvalue weighted by molar-refractivity contribution is 0.411. The lowest BCUT2D eigenvalue weighted by Gasteiger charge is -2.08. The fraction of sp³-hybridized carbons (Fsp3) is 0.143. The molecule has 0 saturated heterocycles. The maximum atomic E-state index is 12.9. The number of hydrogen-bond donors (Lipinski definition) is 1. The van der Waals surface area contributed by atoms with Crippen LogP contribution in [0.25, 0.3) is 0 Å². The van der Waals surface area contributed by atoms with Crippen molar-refractivity contribution in [3.05, 3.63) is 20.5 Å². The number of hydrogen-bond acceptors (Lipinski definition) is 2. The summed E-state index contributed by atoms with van der Waals surface area (Å²) in [7, 11) is 1.42. The zero-order chi connectivity index (χ0) is 9.30.